The second kappa shape index (κ2) is 15.6. The van der Waals surface area contributed by atoms with Crippen molar-refractivity contribution in [2.75, 3.05) is 23.5 Å². The molecule has 1 spiro atoms. The average molecular weight is 840 g/mol. The Kier molecular flexibility index (Phi) is 10.5. The van der Waals surface area contributed by atoms with E-state index in [4.69, 9.17) is 21.1 Å². The zero-order valence-corrected chi connectivity index (χ0v) is 36.2. The SMILES string of the molecule is COc1ccc([Si](C)(C)[C@@H]2[C@@H](CC(=O)N3Cc4ccccc4C[C@H]3CO)O[C@]3(C(=O)N(Cc4ccc(N5C(=O)CCc6ccccc65)cc4)c4ccc(Cl)cc43)[C@H]2C)cc1. The molecule has 9 rings (SSSR count). The van der Waals surface area contributed by atoms with Gasteiger partial charge in [0.05, 0.1) is 58.3 Å². The van der Waals surface area contributed by atoms with Crippen molar-refractivity contribution < 1.29 is 29.0 Å². The molecule has 308 valence electrons. The van der Waals surface area contributed by atoms with Gasteiger partial charge in [0, 0.05) is 35.2 Å². The highest BCUT2D eigenvalue weighted by Gasteiger charge is 2.66. The van der Waals surface area contributed by atoms with E-state index in [1.165, 1.54) is 5.19 Å². The van der Waals surface area contributed by atoms with Crippen LogP contribution in [-0.2, 0) is 50.7 Å². The van der Waals surface area contributed by atoms with Crippen molar-refractivity contribution in [3.8, 4) is 5.75 Å². The molecule has 0 aliphatic carbocycles. The van der Waals surface area contributed by atoms with Gasteiger partial charge in [0.25, 0.3) is 5.91 Å². The van der Waals surface area contributed by atoms with E-state index in [2.05, 4.69) is 44.3 Å². The molecule has 1 N–H and O–H groups in total. The highest BCUT2D eigenvalue weighted by molar-refractivity contribution is 6.91. The summed E-state index contributed by atoms with van der Waals surface area (Å²) >= 11 is 6.77. The van der Waals surface area contributed by atoms with Gasteiger partial charge in [-0.25, -0.2) is 0 Å². The van der Waals surface area contributed by atoms with Gasteiger partial charge >= 0.3 is 0 Å². The molecular weight excluding hydrogens is 790 g/mol. The number of carbonyl (C=O) groups excluding carboxylic acids is 3. The van der Waals surface area contributed by atoms with E-state index >= 15 is 4.79 Å². The fourth-order valence-electron chi connectivity index (χ4n) is 10.6. The Labute approximate surface area is 357 Å². The summed E-state index contributed by atoms with van der Waals surface area (Å²) in [6, 6.07) is 37.3. The summed E-state index contributed by atoms with van der Waals surface area (Å²) in [5.74, 6) is 0.185. The van der Waals surface area contributed by atoms with Gasteiger partial charge in [-0.05, 0) is 89.2 Å². The van der Waals surface area contributed by atoms with Gasteiger partial charge in [-0.15, -0.1) is 0 Å². The second-order valence-corrected chi connectivity index (χ2v) is 22.4. The molecule has 5 atom stereocenters. The number of ether oxygens (including phenoxy) is 2. The summed E-state index contributed by atoms with van der Waals surface area (Å²) in [4.78, 5) is 48.7. The number of halogens is 1. The monoisotopic (exact) mass is 839 g/mol. The Bertz CT molecular complexity index is 2480. The molecule has 1 fully saturated rings. The number of amides is 3. The minimum atomic E-state index is -2.55. The van der Waals surface area contributed by atoms with Gasteiger partial charge in [0.1, 0.15) is 5.75 Å². The molecule has 4 aliphatic rings. The number of fused-ring (bicyclic) bond motifs is 4. The van der Waals surface area contributed by atoms with Crippen molar-refractivity contribution in [3.05, 3.63) is 148 Å². The number of hydrogen-bond donors (Lipinski definition) is 1. The maximum Gasteiger partial charge on any atom is 0.264 e. The predicted molar refractivity (Wildman–Crippen MR) is 237 cm³/mol. The maximum atomic E-state index is 15.4. The molecule has 5 aromatic carbocycles. The third-order valence-electron chi connectivity index (χ3n) is 13.7. The summed E-state index contributed by atoms with van der Waals surface area (Å²) in [6.45, 7) is 7.23. The highest BCUT2D eigenvalue weighted by Crippen LogP contribution is 2.60. The van der Waals surface area contributed by atoms with E-state index in [1.54, 1.807) is 27.9 Å². The number of aliphatic hydroxyl groups excluding tert-OH is 1. The lowest BCUT2D eigenvalue weighted by Crippen LogP contribution is -2.52. The summed E-state index contributed by atoms with van der Waals surface area (Å²) in [6.07, 6.45) is 1.19. The van der Waals surface area contributed by atoms with Crippen LogP contribution in [-0.4, -0.2) is 61.7 Å². The quantitative estimate of drug-likeness (QED) is 0.151. The predicted octanol–water partition coefficient (Wildman–Crippen LogP) is 8.06. The van der Waals surface area contributed by atoms with Crippen LogP contribution in [0.4, 0.5) is 17.1 Å². The van der Waals surface area contributed by atoms with Crippen molar-refractivity contribution in [2.45, 2.75) is 82.1 Å². The van der Waals surface area contributed by atoms with E-state index in [0.29, 0.717) is 30.0 Å². The zero-order valence-electron chi connectivity index (χ0n) is 34.4. The fourth-order valence-corrected chi connectivity index (χ4v) is 14.8. The van der Waals surface area contributed by atoms with Crippen molar-refractivity contribution in [1.29, 1.82) is 0 Å². The number of anilines is 3. The number of aliphatic hydroxyl groups is 1. The first-order valence-corrected chi connectivity index (χ1v) is 24.3. The molecule has 0 aromatic heterocycles. The highest BCUT2D eigenvalue weighted by atomic mass is 35.5. The van der Waals surface area contributed by atoms with Crippen LogP contribution in [0.25, 0.3) is 0 Å². The average Bonchev–Trinajstić information content (AvgIpc) is 3.68. The minimum Gasteiger partial charge on any atom is -0.497 e. The summed E-state index contributed by atoms with van der Waals surface area (Å²) in [5, 5.41) is 12.2. The molecule has 1 saturated heterocycles. The Morgan fingerprint density at radius 1 is 0.883 bits per heavy atom. The number of nitrogens with zero attached hydrogens (tertiary/aromatic N) is 3. The lowest BCUT2D eigenvalue weighted by molar-refractivity contribution is -0.151. The summed E-state index contributed by atoms with van der Waals surface area (Å²) < 4.78 is 12.8. The van der Waals surface area contributed by atoms with Gasteiger partial charge in [0.15, 0.2) is 5.60 Å². The third-order valence-corrected chi connectivity index (χ3v) is 18.3. The molecule has 0 bridgehead atoms. The molecule has 11 heteroatoms. The van der Waals surface area contributed by atoms with Crippen LogP contribution in [0.5, 0.6) is 5.75 Å². The standard InChI is InChI=1S/C49H50ClN3O6Si/c1-31-47(60(3,4)40-21-19-39(58-2)20-22-40)44(27-46(56)51-29-35-11-6-5-10-34(35)25-38(51)30-54)59-49(31)41-26-36(50)16-23-43(41)52(48(49)57)28-32-13-17-37(18-14-32)53-42-12-8-7-9-33(42)15-24-45(53)55/h5-14,16-23,26,31,38,44,47,54H,15,24-25,27-30H2,1-4H3/t31-,38-,44+,47-,49+/m0/s1. The number of aryl methyl sites for hydroxylation is 1. The maximum absolute atomic E-state index is 15.4. The van der Waals surface area contributed by atoms with E-state index in [-0.39, 0.29) is 54.8 Å². The summed E-state index contributed by atoms with van der Waals surface area (Å²) in [7, 11) is -0.902. The van der Waals surface area contributed by atoms with Gasteiger partial charge in [0.2, 0.25) is 11.8 Å². The molecule has 9 nitrogen and oxygen atoms in total. The van der Waals surface area contributed by atoms with Crippen LogP contribution in [0.3, 0.4) is 0 Å². The molecular formula is C49H50ClN3O6Si. The number of para-hydroxylation sites is 1. The minimum absolute atomic E-state index is 0.0528. The van der Waals surface area contributed by atoms with Crippen LogP contribution < -0.4 is 19.7 Å². The first-order valence-electron chi connectivity index (χ1n) is 20.9. The first kappa shape index (κ1) is 40.2. The number of carbonyl (C=O) groups is 3. The van der Waals surface area contributed by atoms with Crippen LogP contribution in [0.1, 0.15) is 47.6 Å². The van der Waals surface area contributed by atoms with Crippen LogP contribution in [0, 0.1) is 5.92 Å². The molecule has 0 saturated carbocycles. The van der Waals surface area contributed by atoms with Gasteiger partial charge in [-0.2, -0.15) is 0 Å². The van der Waals surface area contributed by atoms with E-state index in [0.717, 1.165) is 51.5 Å². The van der Waals surface area contributed by atoms with Gasteiger partial charge in [-0.3, -0.25) is 19.3 Å². The largest absolute Gasteiger partial charge is 0.497 e. The van der Waals surface area contributed by atoms with Crippen molar-refractivity contribution in [1.82, 2.24) is 4.90 Å². The second-order valence-electron chi connectivity index (χ2n) is 17.3. The van der Waals surface area contributed by atoms with Crippen molar-refractivity contribution in [2.24, 2.45) is 5.92 Å². The molecule has 0 unspecified atom stereocenters. The van der Waals surface area contributed by atoms with E-state index in [9.17, 15) is 14.7 Å². The van der Waals surface area contributed by atoms with Crippen molar-refractivity contribution >= 4 is 59.6 Å². The number of methoxy groups -OCH3 is 1. The lowest BCUT2D eigenvalue weighted by Gasteiger charge is -2.39. The normalized spacial score (nSPS) is 23.5. The Hall–Kier alpha value is -5.26. The Morgan fingerprint density at radius 2 is 1.58 bits per heavy atom. The Balaban J connectivity index is 1.07. The molecule has 5 aromatic rings. The lowest BCUT2D eigenvalue weighted by atomic mass is 9.82. The molecule has 60 heavy (non-hydrogen) atoms. The smallest absolute Gasteiger partial charge is 0.264 e. The van der Waals surface area contributed by atoms with Crippen LogP contribution in [0.2, 0.25) is 23.7 Å². The van der Waals surface area contributed by atoms with Crippen molar-refractivity contribution in [3.63, 3.8) is 0 Å². The number of benzene rings is 5. The number of hydrogen-bond acceptors (Lipinski definition) is 6. The fraction of sp³-hybridized carbons (Fsp3) is 0.327. The molecule has 4 aliphatic heterocycles. The molecule has 4 heterocycles. The molecule has 3 amide bonds. The van der Waals surface area contributed by atoms with Crippen LogP contribution >= 0.6 is 11.6 Å². The van der Waals surface area contributed by atoms with E-state index in [1.807, 2.05) is 84.9 Å². The first-order chi connectivity index (χ1) is 28.9. The topological polar surface area (TPSA) is 99.6 Å². The zero-order chi connectivity index (χ0) is 41.9. The van der Waals surface area contributed by atoms with Gasteiger partial charge in [-0.1, -0.05) is 104 Å². The Morgan fingerprint density at radius 3 is 2.30 bits per heavy atom. The van der Waals surface area contributed by atoms with Gasteiger partial charge < -0.3 is 24.4 Å². The van der Waals surface area contributed by atoms with E-state index < -0.39 is 19.8 Å². The molecule has 0 radical (unpaired) electrons. The number of rotatable bonds is 9. The van der Waals surface area contributed by atoms with Crippen LogP contribution in [0.15, 0.2) is 115 Å². The third kappa shape index (κ3) is 6.65. The summed E-state index contributed by atoms with van der Waals surface area (Å²) in [5.41, 5.74) is 5.79.